The van der Waals surface area contributed by atoms with E-state index >= 15 is 0 Å². The van der Waals surface area contributed by atoms with Crippen molar-refractivity contribution in [1.29, 1.82) is 0 Å². The molecule has 0 fully saturated rings. The quantitative estimate of drug-likeness (QED) is 0.652. The number of hydrogen-bond acceptors (Lipinski definition) is 3. The second-order valence-corrected chi connectivity index (χ2v) is 2.61. The normalized spacial score (nSPS) is 10.4. The standard InChI is InChI=1S/C8H7N3O/c1-5-9-7-3-2-6(11-12)4-8(7)10-5/h2-4H,1H3,(H,9,10). The summed E-state index contributed by atoms with van der Waals surface area (Å²) in [5, 5.41) is 2.83. The molecule has 1 aromatic heterocycles. The summed E-state index contributed by atoms with van der Waals surface area (Å²) in [4.78, 5) is 17.4. The Morgan fingerprint density at radius 2 is 2.33 bits per heavy atom. The molecule has 0 aliphatic rings. The van der Waals surface area contributed by atoms with E-state index in [9.17, 15) is 4.91 Å². The zero-order valence-electron chi connectivity index (χ0n) is 6.53. The van der Waals surface area contributed by atoms with Crippen LogP contribution in [0.1, 0.15) is 5.82 Å². The van der Waals surface area contributed by atoms with E-state index in [1.54, 1.807) is 18.2 Å². The van der Waals surface area contributed by atoms with Gasteiger partial charge in [0.2, 0.25) is 0 Å². The number of H-pyrrole nitrogens is 1. The summed E-state index contributed by atoms with van der Waals surface area (Å²) in [6.45, 7) is 1.87. The fourth-order valence-electron chi connectivity index (χ4n) is 1.18. The number of aromatic amines is 1. The van der Waals surface area contributed by atoms with Gasteiger partial charge in [-0.1, -0.05) is 0 Å². The van der Waals surface area contributed by atoms with E-state index in [0.29, 0.717) is 5.69 Å². The first-order valence-corrected chi connectivity index (χ1v) is 3.59. The summed E-state index contributed by atoms with van der Waals surface area (Å²) in [5.41, 5.74) is 2.13. The highest BCUT2D eigenvalue weighted by Crippen LogP contribution is 2.18. The van der Waals surface area contributed by atoms with Crippen molar-refractivity contribution in [1.82, 2.24) is 9.97 Å². The van der Waals surface area contributed by atoms with Crippen molar-refractivity contribution in [2.75, 3.05) is 0 Å². The van der Waals surface area contributed by atoms with Crippen molar-refractivity contribution >= 4 is 16.7 Å². The van der Waals surface area contributed by atoms with Crippen LogP contribution in [-0.2, 0) is 0 Å². The number of rotatable bonds is 1. The predicted octanol–water partition coefficient (Wildman–Crippen LogP) is 2.27. The molecule has 0 bridgehead atoms. The highest BCUT2D eigenvalue weighted by Gasteiger charge is 1.99. The van der Waals surface area contributed by atoms with E-state index in [4.69, 9.17) is 0 Å². The number of nitroso groups, excluding NO2 is 1. The van der Waals surface area contributed by atoms with Gasteiger partial charge < -0.3 is 4.98 Å². The monoisotopic (exact) mass is 161 g/mol. The van der Waals surface area contributed by atoms with Crippen LogP contribution < -0.4 is 0 Å². The van der Waals surface area contributed by atoms with Gasteiger partial charge in [-0.25, -0.2) is 4.98 Å². The van der Waals surface area contributed by atoms with E-state index in [-0.39, 0.29) is 0 Å². The Hall–Kier alpha value is -1.71. The smallest absolute Gasteiger partial charge is 0.110 e. The molecule has 60 valence electrons. The molecule has 0 saturated heterocycles. The minimum Gasteiger partial charge on any atom is -0.342 e. The highest BCUT2D eigenvalue weighted by molar-refractivity contribution is 5.78. The summed E-state index contributed by atoms with van der Waals surface area (Å²) in [7, 11) is 0. The molecule has 0 amide bonds. The van der Waals surface area contributed by atoms with E-state index in [1.165, 1.54) is 0 Å². The molecular weight excluding hydrogens is 154 g/mol. The average Bonchev–Trinajstić information content (AvgIpc) is 2.43. The number of imidazole rings is 1. The van der Waals surface area contributed by atoms with Crippen molar-refractivity contribution in [2.24, 2.45) is 5.18 Å². The van der Waals surface area contributed by atoms with Crippen LogP contribution in [0.2, 0.25) is 0 Å². The molecule has 0 saturated carbocycles. The lowest BCUT2D eigenvalue weighted by Gasteiger charge is -1.87. The van der Waals surface area contributed by atoms with Gasteiger partial charge in [-0.2, -0.15) is 0 Å². The van der Waals surface area contributed by atoms with Gasteiger partial charge in [0.05, 0.1) is 11.0 Å². The van der Waals surface area contributed by atoms with Gasteiger partial charge in [0.25, 0.3) is 0 Å². The molecule has 0 radical (unpaired) electrons. The number of fused-ring (bicyclic) bond motifs is 1. The molecular formula is C8H7N3O. The van der Waals surface area contributed by atoms with Gasteiger partial charge in [-0.15, -0.1) is 4.91 Å². The number of aryl methyl sites for hydroxylation is 1. The molecule has 1 heterocycles. The van der Waals surface area contributed by atoms with Gasteiger partial charge >= 0.3 is 0 Å². The summed E-state index contributed by atoms with van der Waals surface area (Å²) >= 11 is 0. The fraction of sp³-hybridized carbons (Fsp3) is 0.125. The Morgan fingerprint density at radius 1 is 1.50 bits per heavy atom. The van der Waals surface area contributed by atoms with Crippen molar-refractivity contribution < 1.29 is 0 Å². The Labute approximate surface area is 68.6 Å². The van der Waals surface area contributed by atoms with Crippen molar-refractivity contribution in [3.05, 3.63) is 28.9 Å². The minimum atomic E-state index is 0.422. The van der Waals surface area contributed by atoms with E-state index in [2.05, 4.69) is 15.1 Å². The lowest BCUT2D eigenvalue weighted by molar-refractivity contribution is 1.17. The minimum absolute atomic E-state index is 0.422. The Balaban J connectivity index is 2.74. The van der Waals surface area contributed by atoms with Crippen LogP contribution in [0.3, 0.4) is 0 Å². The first-order chi connectivity index (χ1) is 5.79. The van der Waals surface area contributed by atoms with Gasteiger partial charge in [0.1, 0.15) is 11.5 Å². The molecule has 1 aromatic carbocycles. The first-order valence-electron chi connectivity index (χ1n) is 3.59. The van der Waals surface area contributed by atoms with Crippen LogP contribution in [0.15, 0.2) is 23.4 Å². The molecule has 12 heavy (non-hydrogen) atoms. The number of hydrogen-bond donors (Lipinski definition) is 1. The maximum atomic E-state index is 10.2. The third-order valence-electron chi connectivity index (χ3n) is 1.69. The van der Waals surface area contributed by atoms with E-state index in [0.717, 1.165) is 16.9 Å². The van der Waals surface area contributed by atoms with E-state index in [1.807, 2.05) is 6.92 Å². The van der Waals surface area contributed by atoms with E-state index < -0.39 is 0 Å². The van der Waals surface area contributed by atoms with Crippen molar-refractivity contribution in [3.8, 4) is 0 Å². The second-order valence-electron chi connectivity index (χ2n) is 2.61. The fourth-order valence-corrected chi connectivity index (χ4v) is 1.18. The van der Waals surface area contributed by atoms with Gasteiger partial charge in [0, 0.05) is 0 Å². The van der Waals surface area contributed by atoms with Crippen LogP contribution in [0.25, 0.3) is 11.0 Å². The Morgan fingerprint density at radius 3 is 3.08 bits per heavy atom. The molecule has 0 spiro atoms. The number of aromatic nitrogens is 2. The SMILES string of the molecule is Cc1nc2ccc(N=O)cc2[nH]1. The van der Waals surface area contributed by atoms with Gasteiger partial charge in [0.15, 0.2) is 0 Å². The maximum Gasteiger partial charge on any atom is 0.110 e. The van der Waals surface area contributed by atoms with Crippen molar-refractivity contribution in [2.45, 2.75) is 6.92 Å². The Kier molecular flexibility index (Phi) is 1.40. The largest absolute Gasteiger partial charge is 0.342 e. The zero-order chi connectivity index (χ0) is 8.55. The average molecular weight is 161 g/mol. The highest BCUT2D eigenvalue weighted by atomic mass is 16.3. The molecule has 2 rings (SSSR count). The summed E-state index contributed by atoms with van der Waals surface area (Å²) in [6.07, 6.45) is 0. The van der Waals surface area contributed by atoms with Gasteiger partial charge in [-0.05, 0) is 30.3 Å². The summed E-state index contributed by atoms with van der Waals surface area (Å²) in [6, 6.07) is 5.10. The van der Waals surface area contributed by atoms with Crippen LogP contribution in [0.5, 0.6) is 0 Å². The topological polar surface area (TPSA) is 58.1 Å². The summed E-state index contributed by atoms with van der Waals surface area (Å²) < 4.78 is 0. The third-order valence-corrected chi connectivity index (χ3v) is 1.69. The van der Waals surface area contributed by atoms with Crippen LogP contribution in [0, 0.1) is 11.8 Å². The lowest BCUT2D eigenvalue weighted by Crippen LogP contribution is -1.68. The predicted molar refractivity (Wildman–Crippen MR) is 46.3 cm³/mol. The van der Waals surface area contributed by atoms with Crippen LogP contribution >= 0.6 is 0 Å². The molecule has 0 atom stereocenters. The molecule has 2 aromatic rings. The molecule has 0 unspecified atom stereocenters. The Bertz CT molecular complexity index is 433. The van der Waals surface area contributed by atoms with Crippen LogP contribution in [-0.4, -0.2) is 9.97 Å². The summed E-state index contributed by atoms with van der Waals surface area (Å²) in [5.74, 6) is 0.841. The van der Waals surface area contributed by atoms with Crippen molar-refractivity contribution in [3.63, 3.8) is 0 Å². The van der Waals surface area contributed by atoms with Gasteiger partial charge in [-0.3, -0.25) is 0 Å². The number of benzene rings is 1. The molecule has 0 aliphatic carbocycles. The number of nitrogens with one attached hydrogen (secondary N) is 1. The zero-order valence-corrected chi connectivity index (χ0v) is 6.53. The molecule has 0 aliphatic heterocycles. The first kappa shape index (κ1) is 6.97. The molecule has 4 heteroatoms. The molecule has 1 N–H and O–H groups in total. The lowest BCUT2D eigenvalue weighted by atomic mass is 10.3. The third kappa shape index (κ3) is 0.972. The maximum absolute atomic E-state index is 10.2. The van der Waals surface area contributed by atoms with Crippen LogP contribution in [0.4, 0.5) is 5.69 Å². The number of nitrogens with zero attached hydrogens (tertiary/aromatic N) is 2. The second kappa shape index (κ2) is 2.41. The molecule has 4 nitrogen and oxygen atoms in total.